The first-order chi connectivity index (χ1) is 8.56. The van der Waals surface area contributed by atoms with Crippen molar-refractivity contribution in [2.24, 2.45) is 0 Å². The lowest BCUT2D eigenvalue weighted by Crippen LogP contribution is -2.20. The molecule has 2 rings (SSSR count). The molecule has 9 nitrogen and oxygen atoms in total. The van der Waals surface area contributed by atoms with Crippen molar-refractivity contribution in [2.45, 2.75) is 0 Å². The van der Waals surface area contributed by atoms with Gasteiger partial charge in [0.25, 0.3) is 0 Å². The summed E-state index contributed by atoms with van der Waals surface area (Å²) in [6.07, 6.45) is 1.22. The summed E-state index contributed by atoms with van der Waals surface area (Å²) in [5.41, 5.74) is 0.0971. The molecule has 0 aliphatic rings. The van der Waals surface area contributed by atoms with Crippen molar-refractivity contribution in [1.29, 1.82) is 0 Å². The Kier molecular flexibility index (Phi) is 2.87. The molecule has 18 heavy (non-hydrogen) atoms. The van der Waals surface area contributed by atoms with Gasteiger partial charge in [-0.2, -0.15) is 10.1 Å². The number of phenolic OH excluding ortho intramolecular Hbond substituents is 3. The van der Waals surface area contributed by atoms with E-state index < -0.39 is 23.3 Å². The minimum Gasteiger partial charge on any atom is -0.504 e. The van der Waals surface area contributed by atoms with Crippen LogP contribution in [-0.4, -0.2) is 36.5 Å². The van der Waals surface area contributed by atoms with E-state index in [1.54, 1.807) is 0 Å². The average molecular weight is 251 g/mol. The smallest absolute Gasteiger partial charge is 0.326 e. The maximum absolute atomic E-state index is 11.5. The molecule has 0 fully saturated rings. The van der Waals surface area contributed by atoms with Crippen LogP contribution in [0.5, 0.6) is 17.2 Å². The minimum absolute atomic E-state index is 0.0971. The molecule has 0 aliphatic carbocycles. The van der Waals surface area contributed by atoms with E-state index in [9.17, 15) is 15.0 Å². The van der Waals surface area contributed by atoms with Crippen LogP contribution in [0.3, 0.4) is 0 Å². The lowest BCUT2D eigenvalue weighted by atomic mass is 10.2. The molecule has 0 bridgehead atoms. The number of phenols is 3. The lowest BCUT2D eigenvalue weighted by molar-refractivity contribution is 0.262. The highest BCUT2D eigenvalue weighted by molar-refractivity contribution is 5.99. The molecule has 2 amide bonds. The van der Waals surface area contributed by atoms with Crippen LogP contribution in [0.25, 0.3) is 0 Å². The zero-order valence-electron chi connectivity index (χ0n) is 8.88. The summed E-state index contributed by atoms with van der Waals surface area (Å²) in [4.78, 5) is 15.1. The molecule has 1 aromatic heterocycles. The predicted molar refractivity (Wildman–Crippen MR) is 60.5 cm³/mol. The van der Waals surface area contributed by atoms with Crippen molar-refractivity contribution < 1.29 is 20.1 Å². The third kappa shape index (κ3) is 2.40. The molecule has 6 N–H and O–H groups in total. The number of carbonyl (C=O) groups is 1. The number of nitrogens with zero attached hydrogens (tertiary/aromatic N) is 2. The average Bonchev–Trinajstić information content (AvgIpc) is 2.78. The van der Waals surface area contributed by atoms with Crippen LogP contribution < -0.4 is 10.6 Å². The first kappa shape index (κ1) is 11.5. The van der Waals surface area contributed by atoms with Gasteiger partial charge in [-0.15, -0.1) is 0 Å². The summed E-state index contributed by atoms with van der Waals surface area (Å²) < 4.78 is 0. The van der Waals surface area contributed by atoms with Crippen LogP contribution >= 0.6 is 0 Å². The molecular weight excluding hydrogens is 242 g/mol. The van der Waals surface area contributed by atoms with Crippen molar-refractivity contribution >= 4 is 17.7 Å². The summed E-state index contributed by atoms with van der Waals surface area (Å²) in [5, 5.41) is 38.2. The summed E-state index contributed by atoms with van der Waals surface area (Å²) >= 11 is 0. The summed E-state index contributed by atoms with van der Waals surface area (Å²) in [6, 6.07) is 1.50. The Hall–Kier alpha value is -2.97. The number of carbonyl (C=O) groups excluding carboxylic acids is 1. The maximum atomic E-state index is 11.5. The lowest BCUT2D eigenvalue weighted by Gasteiger charge is -2.07. The van der Waals surface area contributed by atoms with E-state index in [0.717, 1.165) is 12.1 Å². The molecule has 0 spiro atoms. The number of benzene rings is 1. The first-order valence-electron chi connectivity index (χ1n) is 4.74. The molecule has 0 saturated carbocycles. The van der Waals surface area contributed by atoms with Crippen molar-refractivity contribution in [2.75, 3.05) is 10.6 Å². The number of anilines is 2. The van der Waals surface area contributed by atoms with Gasteiger partial charge < -0.3 is 20.6 Å². The molecule has 0 radical (unpaired) electrons. The Balaban J connectivity index is 2.07. The van der Waals surface area contributed by atoms with Gasteiger partial charge in [0.2, 0.25) is 5.95 Å². The summed E-state index contributed by atoms with van der Waals surface area (Å²) in [5.74, 6) is -1.62. The van der Waals surface area contributed by atoms with Crippen molar-refractivity contribution in [3.63, 3.8) is 0 Å². The minimum atomic E-state index is -0.656. The number of H-pyrrole nitrogens is 1. The van der Waals surface area contributed by atoms with Gasteiger partial charge in [-0.25, -0.2) is 9.89 Å². The zero-order valence-corrected chi connectivity index (χ0v) is 8.88. The number of urea groups is 1. The molecule has 2 aromatic rings. The van der Waals surface area contributed by atoms with E-state index in [-0.39, 0.29) is 11.6 Å². The highest BCUT2D eigenvalue weighted by Crippen LogP contribution is 2.37. The van der Waals surface area contributed by atoms with Crippen LogP contribution in [0.2, 0.25) is 0 Å². The molecular formula is C9H9N5O4. The zero-order chi connectivity index (χ0) is 13.1. The van der Waals surface area contributed by atoms with Gasteiger partial charge in [-0.1, -0.05) is 0 Å². The van der Waals surface area contributed by atoms with Crippen molar-refractivity contribution in [3.8, 4) is 17.2 Å². The largest absolute Gasteiger partial charge is 0.504 e. The molecule has 94 valence electrons. The Bertz CT molecular complexity index is 545. The van der Waals surface area contributed by atoms with Crippen LogP contribution in [0.15, 0.2) is 18.5 Å². The Labute approximate surface area is 100 Å². The number of aromatic nitrogens is 3. The number of nitrogens with one attached hydrogen (secondary N) is 3. The van der Waals surface area contributed by atoms with Gasteiger partial charge in [-0.3, -0.25) is 5.32 Å². The number of hydrogen-bond donors (Lipinski definition) is 6. The fourth-order valence-corrected chi connectivity index (χ4v) is 1.21. The predicted octanol–water partition coefficient (Wildman–Crippen LogP) is 0.565. The fraction of sp³-hybridized carbons (Fsp3) is 0. The number of aromatic hydroxyl groups is 3. The van der Waals surface area contributed by atoms with E-state index in [0.29, 0.717) is 0 Å². The normalized spacial score (nSPS) is 10.0. The van der Waals surface area contributed by atoms with E-state index in [1.165, 1.54) is 6.33 Å². The topological polar surface area (TPSA) is 143 Å². The van der Waals surface area contributed by atoms with Gasteiger partial charge >= 0.3 is 6.03 Å². The number of aromatic amines is 1. The van der Waals surface area contributed by atoms with E-state index in [2.05, 4.69) is 25.8 Å². The SMILES string of the molecule is O=C(Nc1cc(O)c(O)c(O)c1)Nc1ncn[nH]1. The third-order valence-electron chi connectivity index (χ3n) is 1.97. The number of hydrogen-bond acceptors (Lipinski definition) is 6. The molecule has 1 aromatic carbocycles. The first-order valence-corrected chi connectivity index (χ1v) is 4.74. The van der Waals surface area contributed by atoms with Gasteiger partial charge in [0.1, 0.15) is 6.33 Å². The monoisotopic (exact) mass is 251 g/mol. The van der Waals surface area contributed by atoms with Crippen molar-refractivity contribution in [3.05, 3.63) is 18.5 Å². The van der Waals surface area contributed by atoms with Crippen LogP contribution in [0, 0.1) is 0 Å². The van der Waals surface area contributed by atoms with E-state index in [1.807, 2.05) is 0 Å². The standard InChI is InChI=1S/C9H9N5O4/c15-5-1-4(2-6(16)7(5)17)12-9(18)13-8-10-3-11-14-8/h1-3,15-17H,(H3,10,11,12,13,14,18). The van der Waals surface area contributed by atoms with Gasteiger partial charge in [0, 0.05) is 12.1 Å². The molecule has 1 heterocycles. The molecule has 9 heteroatoms. The number of rotatable bonds is 2. The second-order valence-corrected chi connectivity index (χ2v) is 3.28. The molecule has 0 atom stereocenters. The van der Waals surface area contributed by atoms with Gasteiger partial charge in [0.15, 0.2) is 17.2 Å². The summed E-state index contributed by atoms with van der Waals surface area (Å²) in [7, 11) is 0. The maximum Gasteiger partial charge on any atom is 0.326 e. The van der Waals surface area contributed by atoms with Gasteiger partial charge in [-0.05, 0) is 0 Å². The molecule has 0 unspecified atom stereocenters. The Morgan fingerprint density at radius 2 is 1.83 bits per heavy atom. The van der Waals surface area contributed by atoms with E-state index >= 15 is 0 Å². The van der Waals surface area contributed by atoms with Crippen LogP contribution in [0.1, 0.15) is 0 Å². The Morgan fingerprint density at radius 3 is 2.39 bits per heavy atom. The number of amides is 2. The summed E-state index contributed by atoms with van der Waals surface area (Å²) in [6.45, 7) is 0. The highest BCUT2D eigenvalue weighted by atomic mass is 16.3. The van der Waals surface area contributed by atoms with Crippen LogP contribution in [-0.2, 0) is 0 Å². The second kappa shape index (κ2) is 4.49. The molecule has 0 saturated heterocycles. The second-order valence-electron chi connectivity index (χ2n) is 3.28. The Morgan fingerprint density at radius 1 is 1.17 bits per heavy atom. The molecule has 0 aliphatic heterocycles. The third-order valence-corrected chi connectivity index (χ3v) is 1.97. The quantitative estimate of drug-likeness (QED) is 0.340. The van der Waals surface area contributed by atoms with Crippen molar-refractivity contribution in [1.82, 2.24) is 15.2 Å². The van der Waals surface area contributed by atoms with Crippen LogP contribution in [0.4, 0.5) is 16.4 Å². The van der Waals surface area contributed by atoms with Gasteiger partial charge in [0.05, 0.1) is 5.69 Å². The highest BCUT2D eigenvalue weighted by Gasteiger charge is 2.10. The van der Waals surface area contributed by atoms with E-state index in [4.69, 9.17) is 5.11 Å². The fourth-order valence-electron chi connectivity index (χ4n) is 1.21.